The lowest BCUT2D eigenvalue weighted by molar-refractivity contribution is -0.145. The van der Waals surface area contributed by atoms with E-state index in [1.165, 1.54) is 25.7 Å². The lowest BCUT2D eigenvalue weighted by Gasteiger charge is -2.26. The number of carbonyl (C=O) groups is 1. The van der Waals surface area contributed by atoms with Crippen molar-refractivity contribution >= 4 is 5.97 Å². The highest BCUT2D eigenvalue weighted by atomic mass is 16.5. The second-order valence-electron chi connectivity index (χ2n) is 5.75. The van der Waals surface area contributed by atoms with E-state index >= 15 is 0 Å². The van der Waals surface area contributed by atoms with Crippen LogP contribution < -0.4 is 5.73 Å². The van der Waals surface area contributed by atoms with Gasteiger partial charge >= 0.3 is 5.97 Å². The van der Waals surface area contributed by atoms with Crippen LogP contribution in [0.3, 0.4) is 0 Å². The predicted molar refractivity (Wildman–Crippen MR) is 76.1 cm³/mol. The van der Waals surface area contributed by atoms with Gasteiger partial charge in [-0.05, 0) is 31.6 Å². The number of carboxylic acid groups (broad SMARTS) is 1. The topological polar surface area (TPSA) is 72.5 Å². The molecule has 0 bridgehead atoms. The van der Waals surface area contributed by atoms with E-state index in [9.17, 15) is 9.90 Å². The molecular formula is C15H29NO3. The molecule has 0 saturated heterocycles. The van der Waals surface area contributed by atoms with E-state index in [4.69, 9.17) is 10.5 Å². The van der Waals surface area contributed by atoms with E-state index in [0.717, 1.165) is 32.3 Å². The quantitative estimate of drug-likeness (QED) is 0.599. The van der Waals surface area contributed by atoms with Gasteiger partial charge in [0, 0.05) is 13.2 Å². The second kappa shape index (κ2) is 8.54. The summed E-state index contributed by atoms with van der Waals surface area (Å²) in [6.45, 7) is 3.64. The van der Waals surface area contributed by atoms with E-state index in [1.54, 1.807) is 0 Å². The van der Waals surface area contributed by atoms with E-state index in [1.807, 2.05) is 0 Å². The Morgan fingerprint density at radius 3 is 2.74 bits per heavy atom. The smallest absolute Gasteiger partial charge is 0.323 e. The first-order valence-corrected chi connectivity index (χ1v) is 7.71. The number of unbranched alkanes of at least 4 members (excludes halogenated alkanes) is 4. The van der Waals surface area contributed by atoms with Crippen LogP contribution in [0.1, 0.15) is 64.7 Å². The highest BCUT2D eigenvalue weighted by Gasteiger charge is 2.45. The first-order valence-electron chi connectivity index (χ1n) is 7.71. The summed E-state index contributed by atoms with van der Waals surface area (Å²) in [6.07, 6.45) is 9.40. The van der Waals surface area contributed by atoms with E-state index in [2.05, 4.69) is 6.92 Å². The maximum atomic E-state index is 11.2. The molecule has 3 N–H and O–H groups in total. The molecule has 1 aliphatic carbocycles. The second-order valence-corrected chi connectivity index (χ2v) is 5.75. The fraction of sp³-hybridized carbons (Fsp3) is 0.933. The van der Waals surface area contributed by atoms with Crippen LogP contribution in [0, 0.1) is 5.92 Å². The Balaban J connectivity index is 2.07. The van der Waals surface area contributed by atoms with Crippen molar-refractivity contribution in [2.24, 2.45) is 11.7 Å². The first-order chi connectivity index (χ1) is 9.11. The molecule has 0 radical (unpaired) electrons. The molecule has 1 rings (SSSR count). The summed E-state index contributed by atoms with van der Waals surface area (Å²) in [6, 6.07) is 0. The van der Waals surface area contributed by atoms with Gasteiger partial charge in [-0.2, -0.15) is 0 Å². The molecule has 0 aromatic rings. The van der Waals surface area contributed by atoms with Crippen molar-refractivity contribution in [3.63, 3.8) is 0 Å². The molecule has 0 aromatic heterocycles. The number of aliphatic carboxylic acids is 1. The van der Waals surface area contributed by atoms with E-state index in [-0.39, 0.29) is 5.92 Å². The standard InChI is InChI=1S/C15H29NO3/c1-2-3-4-5-6-11-19-12-9-13-8-7-10-15(13,16)14(17)18/h13H,2-12,16H2,1H3,(H,17,18). The summed E-state index contributed by atoms with van der Waals surface area (Å²) in [5, 5.41) is 9.20. The molecule has 0 aliphatic heterocycles. The normalized spacial score (nSPS) is 26.7. The van der Waals surface area contributed by atoms with Gasteiger partial charge in [0.05, 0.1) is 0 Å². The monoisotopic (exact) mass is 271 g/mol. The van der Waals surface area contributed by atoms with Gasteiger partial charge in [0.2, 0.25) is 0 Å². The zero-order chi connectivity index (χ0) is 14.1. The van der Waals surface area contributed by atoms with Gasteiger partial charge in [0.1, 0.15) is 5.54 Å². The Morgan fingerprint density at radius 2 is 2.05 bits per heavy atom. The fourth-order valence-corrected chi connectivity index (χ4v) is 2.92. The Bertz CT molecular complexity index is 270. The molecular weight excluding hydrogens is 242 g/mol. The van der Waals surface area contributed by atoms with Crippen LogP contribution in [-0.4, -0.2) is 29.8 Å². The van der Waals surface area contributed by atoms with Crippen molar-refractivity contribution in [2.75, 3.05) is 13.2 Å². The summed E-state index contributed by atoms with van der Waals surface area (Å²) in [5.41, 5.74) is 4.98. The minimum atomic E-state index is -1.01. The van der Waals surface area contributed by atoms with Crippen LogP contribution in [0.5, 0.6) is 0 Å². The van der Waals surface area contributed by atoms with Crippen molar-refractivity contribution in [3.8, 4) is 0 Å². The van der Waals surface area contributed by atoms with E-state index in [0.29, 0.717) is 13.0 Å². The fourth-order valence-electron chi connectivity index (χ4n) is 2.92. The number of hydrogen-bond acceptors (Lipinski definition) is 3. The van der Waals surface area contributed by atoms with Gasteiger partial charge in [-0.25, -0.2) is 0 Å². The lowest BCUT2D eigenvalue weighted by Crippen LogP contribution is -2.51. The first kappa shape index (κ1) is 16.4. The number of ether oxygens (including phenoxy) is 1. The van der Waals surface area contributed by atoms with Crippen LogP contribution in [0.2, 0.25) is 0 Å². The van der Waals surface area contributed by atoms with Crippen molar-refractivity contribution in [3.05, 3.63) is 0 Å². The Kier molecular flexibility index (Phi) is 7.39. The molecule has 0 amide bonds. The van der Waals surface area contributed by atoms with E-state index < -0.39 is 11.5 Å². The number of nitrogens with two attached hydrogens (primary N) is 1. The van der Waals surface area contributed by atoms with Crippen LogP contribution in [0.4, 0.5) is 0 Å². The van der Waals surface area contributed by atoms with Gasteiger partial charge in [0.15, 0.2) is 0 Å². The minimum Gasteiger partial charge on any atom is -0.480 e. The van der Waals surface area contributed by atoms with Gasteiger partial charge in [-0.3, -0.25) is 4.79 Å². The molecule has 0 spiro atoms. The maximum Gasteiger partial charge on any atom is 0.323 e. The van der Waals surface area contributed by atoms with Crippen LogP contribution >= 0.6 is 0 Å². The molecule has 112 valence electrons. The summed E-state index contributed by atoms with van der Waals surface area (Å²) in [7, 11) is 0. The van der Waals surface area contributed by atoms with Crippen molar-refractivity contribution in [2.45, 2.75) is 70.3 Å². The average Bonchev–Trinajstić information content (AvgIpc) is 2.76. The molecule has 1 saturated carbocycles. The summed E-state index contributed by atoms with van der Waals surface area (Å²) in [4.78, 5) is 11.2. The van der Waals surface area contributed by atoms with Crippen molar-refractivity contribution in [1.82, 2.24) is 0 Å². The number of hydrogen-bond donors (Lipinski definition) is 2. The van der Waals surface area contributed by atoms with Gasteiger partial charge in [0.25, 0.3) is 0 Å². The Morgan fingerprint density at radius 1 is 1.32 bits per heavy atom. The van der Waals surface area contributed by atoms with Gasteiger partial charge < -0.3 is 15.6 Å². The highest BCUT2D eigenvalue weighted by molar-refractivity contribution is 5.79. The highest BCUT2D eigenvalue weighted by Crippen LogP contribution is 2.36. The molecule has 4 nitrogen and oxygen atoms in total. The lowest BCUT2D eigenvalue weighted by atomic mass is 9.86. The molecule has 2 atom stereocenters. The number of carboxylic acids is 1. The maximum absolute atomic E-state index is 11.2. The summed E-state index contributed by atoms with van der Waals surface area (Å²) >= 11 is 0. The molecule has 4 heteroatoms. The summed E-state index contributed by atoms with van der Waals surface area (Å²) in [5.74, 6) is -0.778. The minimum absolute atomic E-state index is 0.0742. The van der Waals surface area contributed by atoms with Crippen molar-refractivity contribution < 1.29 is 14.6 Å². The largest absolute Gasteiger partial charge is 0.480 e. The third-order valence-electron chi connectivity index (χ3n) is 4.27. The molecule has 19 heavy (non-hydrogen) atoms. The molecule has 1 fully saturated rings. The Hall–Kier alpha value is -0.610. The third-order valence-corrected chi connectivity index (χ3v) is 4.27. The zero-order valence-electron chi connectivity index (χ0n) is 12.2. The predicted octanol–water partition coefficient (Wildman–Crippen LogP) is 2.95. The Labute approximate surface area is 116 Å². The zero-order valence-corrected chi connectivity index (χ0v) is 12.2. The van der Waals surface area contributed by atoms with Crippen molar-refractivity contribution in [1.29, 1.82) is 0 Å². The van der Waals surface area contributed by atoms with Crippen LogP contribution in [0.15, 0.2) is 0 Å². The van der Waals surface area contributed by atoms with Crippen LogP contribution in [-0.2, 0) is 9.53 Å². The SMILES string of the molecule is CCCCCCCOCCC1CCCC1(N)C(=O)O. The van der Waals surface area contributed by atoms with Crippen LogP contribution in [0.25, 0.3) is 0 Å². The molecule has 0 heterocycles. The molecule has 0 aromatic carbocycles. The number of rotatable bonds is 10. The summed E-state index contributed by atoms with van der Waals surface area (Å²) < 4.78 is 5.60. The molecule has 1 aliphatic rings. The third kappa shape index (κ3) is 5.11. The van der Waals surface area contributed by atoms with Gasteiger partial charge in [-0.15, -0.1) is 0 Å². The molecule has 2 unspecified atom stereocenters. The average molecular weight is 271 g/mol. The van der Waals surface area contributed by atoms with Gasteiger partial charge in [-0.1, -0.05) is 39.0 Å².